The SMILES string of the molecule is CN(C)C1CCCN(S(=O)(=O)c2cccc3cnccc23)C1. The van der Waals surface area contributed by atoms with Crippen molar-refractivity contribution in [1.82, 2.24) is 14.2 Å². The Morgan fingerprint density at radius 3 is 2.86 bits per heavy atom. The third-order valence-electron chi connectivity index (χ3n) is 4.35. The van der Waals surface area contributed by atoms with Gasteiger partial charge in [0.05, 0.1) is 4.90 Å². The van der Waals surface area contributed by atoms with Gasteiger partial charge in [-0.25, -0.2) is 8.42 Å². The number of benzene rings is 1. The maximum absolute atomic E-state index is 13.1. The molecule has 2 aromatic rings. The molecule has 1 fully saturated rings. The molecule has 0 aliphatic carbocycles. The molecule has 5 nitrogen and oxygen atoms in total. The van der Waals surface area contributed by atoms with Gasteiger partial charge in [0.15, 0.2) is 0 Å². The van der Waals surface area contributed by atoms with E-state index in [4.69, 9.17) is 0 Å². The lowest BCUT2D eigenvalue weighted by Gasteiger charge is -2.35. The highest BCUT2D eigenvalue weighted by Gasteiger charge is 2.31. The van der Waals surface area contributed by atoms with E-state index in [1.807, 2.05) is 20.2 Å². The lowest BCUT2D eigenvalue weighted by molar-refractivity contribution is 0.190. The number of hydrogen-bond acceptors (Lipinski definition) is 4. The zero-order valence-electron chi connectivity index (χ0n) is 12.9. The van der Waals surface area contributed by atoms with E-state index < -0.39 is 10.0 Å². The minimum atomic E-state index is -3.48. The summed E-state index contributed by atoms with van der Waals surface area (Å²) in [5.74, 6) is 0. The average molecular weight is 319 g/mol. The highest BCUT2D eigenvalue weighted by molar-refractivity contribution is 7.89. The second kappa shape index (κ2) is 5.95. The summed E-state index contributed by atoms with van der Waals surface area (Å²) in [7, 11) is 0.532. The van der Waals surface area contributed by atoms with Crippen molar-refractivity contribution in [3.63, 3.8) is 0 Å². The van der Waals surface area contributed by atoms with Crippen LogP contribution in [0, 0.1) is 0 Å². The second-order valence-electron chi connectivity index (χ2n) is 5.98. The third kappa shape index (κ3) is 2.74. The molecule has 2 heterocycles. The first-order chi connectivity index (χ1) is 10.5. The van der Waals surface area contributed by atoms with Gasteiger partial charge in [0.2, 0.25) is 10.0 Å². The molecule has 1 saturated heterocycles. The van der Waals surface area contributed by atoms with Crippen LogP contribution in [0.4, 0.5) is 0 Å². The van der Waals surface area contributed by atoms with Gasteiger partial charge in [-0.15, -0.1) is 0 Å². The first kappa shape index (κ1) is 15.4. The van der Waals surface area contributed by atoms with Crippen LogP contribution in [0.15, 0.2) is 41.6 Å². The zero-order valence-corrected chi connectivity index (χ0v) is 13.8. The van der Waals surface area contributed by atoms with E-state index in [1.165, 1.54) is 0 Å². The monoisotopic (exact) mass is 319 g/mol. The molecule has 1 unspecified atom stereocenters. The average Bonchev–Trinajstić information content (AvgIpc) is 2.54. The van der Waals surface area contributed by atoms with E-state index in [1.54, 1.807) is 34.9 Å². The lowest BCUT2D eigenvalue weighted by atomic mass is 10.1. The summed E-state index contributed by atoms with van der Waals surface area (Å²) >= 11 is 0. The number of piperidine rings is 1. The van der Waals surface area contributed by atoms with Crippen LogP contribution in [0.5, 0.6) is 0 Å². The van der Waals surface area contributed by atoms with E-state index in [0.29, 0.717) is 18.0 Å². The van der Waals surface area contributed by atoms with Crippen molar-refractivity contribution in [1.29, 1.82) is 0 Å². The molecule has 1 aromatic carbocycles. The molecule has 1 aliphatic rings. The molecule has 0 radical (unpaired) electrons. The molecular weight excluding hydrogens is 298 g/mol. The Balaban J connectivity index is 2.01. The number of aromatic nitrogens is 1. The molecule has 0 N–H and O–H groups in total. The molecule has 1 aromatic heterocycles. The minimum Gasteiger partial charge on any atom is -0.305 e. The van der Waals surface area contributed by atoms with Crippen molar-refractivity contribution in [3.05, 3.63) is 36.7 Å². The van der Waals surface area contributed by atoms with Crippen molar-refractivity contribution in [2.45, 2.75) is 23.8 Å². The fourth-order valence-corrected chi connectivity index (χ4v) is 4.75. The van der Waals surface area contributed by atoms with E-state index in [-0.39, 0.29) is 6.04 Å². The van der Waals surface area contributed by atoms with Gasteiger partial charge in [0.1, 0.15) is 0 Å². The van der Waals surface area contributed by atoms with Gasteiger partial charge >= 0.3 is 0 Å². The standard InChI is InChI=1S/C16H21N3O2S/c1-18(2)14-6-4-10-19(12-14)22(20,21)16-7-3-5-13-11-17-9-8-15(13)16/h3,5,7-9,11,14H,4,6,10,12H2,1-2H3. The molecule has 3 rings (SSSR count). The molecule has 0 saturated carbocycles. The van der Waals surface area contributed by atoms with E-state index >= 15 is 0 Å². The summed E-state index contributed by atoms with van der Waals surface area (Å²) in [5.41, 5.74) is 0. The van der Waals surface area contributed by atoms with Crippen molar-refractivity contribution in [2.75, 3.05) is 27.2 Å². The normalized spacial score (nSPS) is 20.6. The second-order valence-corrected chi connectivity index (χ2v) is 7.88. The number of sulfonamides is 1. The fourth-order valence-electron chi connectivity index (χ4n) is 3.02. The quantitative estimate of drug-likeness (QED) is 0.868. The molecule has 1 atom stereocenters. The van der Waals surface area contributed by atoms with Crippen molar-refractivity contribution >= 4 is 20.8 Å². The maximum Gasteiger partial charge on any atom is 0.243 e. The Morgan fingerprint density at radius 1 is 1.27 bits per heavy atom. The molecule has 0 amide bonds. The number of fused-ring (bicyclic) bond motifs is 1. The predicted molar refractivity (Wildman–Crippen MR) is 87.2 cm³/mol. The van der Waals surface area contributed by atoms with E-state index in [2.05, 4.69) is 9.88 Å². The smallest absolute Gasteiger partial charge is 0.243 e. The van der Waals surface area contributed by atoms with Crippen LogP contribution in [0.3, 0.4) is 0 Å². The Labute approximate surface area is 131 Å². The van der Waals surface area contributed by atoms with Crippen LogP contribution in [0.1, 0.15) is 12.8 Å². The molecule has 0 bridgehead atoms. The van der Waals surface area contributed by atoms with Crippen LogP contribution >= 0.6 is 0 Å². The van der Waals surface area contributed by atoms with Crippen LogP contribution in [0.25, 0.3) is 10.8 Å². The van der Waals surface area contributed by atoms with Crippen LogP contribution in [0.2, 0.25) is 0 Å². The number of likely N-dealkylation sites (N-methyl/N-ethyl adjacent to an activating group) is 1. The molecular formula is C16H21N3O2S. The van der Waals surface area contributed by atoms with Gasteiger partial charge < -0.3 is 4.90 Å². The number of rotatable bonds is 3. The van der Waals surface area contributed by atoms with E-state index in [9.17, 15) is 8.42 Å². The lowest BCUT2D eigenvalue weighted by Crippen LogP contribution is -2.47. The molecule has 22 heavy (non-hydrogen) atoms. The fraction of sp³-hybridized carbons (Fsp3) is 0.438. The maximum atomic E-state index is 13.1. The Hall–Kier alpha value is -1.50. The predicted octanol–water partition coefficient (Wildman–Crippen LogP) is 1.95. The van der Waals surface area contributed by atoms with Crippen molar-refractivity contribution in [3.8, 4) is 0 Å². The summed E-state index contributed by atoms with van der Waals surface area (Å²) in [6.07, 6.45) is 5.28. The van der Waals surface area contributed by atoms with Crippen LogP contribution < -0.4 is 0 Å². The van der Waals surface area contributed by atoms with Gasteiger partial charge in [-0.1, -0.05) is 12.1 Å². The summed E-state index contributed by atoms with van der Waals surface area (Å²) in [6.45, 7) is 1.14. The van der Waals surface area contributed by atoms with Gasteiger partial charge in [0.25, 0.3) is 0 Å². The van der Waals surface area contributed by atoms with E-state index in [0.717, 1.165) is 23.6 Å². The summed E-state index contributed by atoms with van der Waals surface area (Å²) in [6, 6.07) is 7.41. The number of pyridine rings is 1. The topological polar surface area (TPSA) is 53.5 Å². The molecule has 1 aliphatic heterocycles. The first-order valence-corrected chi connectivity index (χ1v) is 8.93. The molecule has 0 spiro atoms. The summed E-state index contributed by atoms with van der Waals surface area (Å²) in [5, 5.41) is 1.59. The van der Waals surface area contributed by atoms with Gasteiger partial charge in [-0.2, -0.15) is 4.31 Å². The number of nitrogens with zero attached hydrogens (tertiary/aromatic N) is 3. The van der Waals surface area contributed by atoms with Crippen molar-refractivity contribution < 1.29 is 8.42 Å². The Bertz CT molecular complexity index is 769. The zero-order chi connectivity index (χ0) is 15.7. The minimum absolute atomic E-state index is 0.278. The highest BCUT2D eigenvalue weighted by atomic mass is 32.2. The van der Waals surface area contributed by atoms with Crippen molar-refractivity contribution in [2.24, 2.45) is 0 Å². The highest BCUT2D eigenvalue weighted by Crippen LogP contribution is 2.27. The molecule has 118 valence electrons. The summed E-state index contributed by atoms with van der Waals surface area (Å²) in [4.78, 5) is 6.56. The van der Waals surface area contributed by atoms with Gasteiger partial charge in [-0.3, -0.25) is 4.98 Å². The van der Waals surface area contributed by atoms with Crippen LogP contribution in [-0.2, 0) is 10.0 Å². The first-order valence-electron chi connectivity index (χ1n) is 7.49. The van der Waals surface area contributed by atoms with Gasteiger partial charge in [-0.05, 0) is 39.1 Å². The largest absolute Gasteiger partial charge is 0.305 e. The van der Waals surface area contributed by atoms with Crippen LogP contribution in [-0.4, -0.2) is 55.8 Å². The molecule has 6 heteroatoms. The Kier molecular flexibility index (Phi) is 4.16. The summed E-state index contributed by atoms with van der Waals surface area (Å²) < 4.78 is 27.7. The Morgan fingerprint density at radius 2 is 2.09 bits per heavy atom. The third-order valence-corrected chi connectivity index (χ3v) is 6.27. The number of hydrogen-bond donors (Lipinski definition) is 0. The van der Waals surface area contributed by atoms with Gasteiger partial charge in [0, 0.05) is 42.3 Å².